The second kappa shape index (κ2) is 4.10. The molecule has 98 valence electrons. The van der Waals surface area contributed by atoms with Crippen LogP contribution in [0.5, 0.6) is 0 Å². The molecule has 2 aliphatic carbocycles. The Balaban J connectivity index is 1.66. The third-order valence-electron chi connectivity index (χ3n) is 4.39. The first kappa shape index (κ1) is 12.2. The summed E-state index contributed by atoms with van der Waals surface area (Å²) in [7, 11) is 0. The van der Waals surface area contributed by atoms with E-state index in [4.69, 9.17) is 16.3 Å². The average molecular weight is 268 g/mol. The van der Waals surface area contributed by atoms with Crippen LogP contribution in [0.15, 0.2) is 22.8 Å². The molecule has 1 saturated heterocycles. The van der Waals surface area contributed by atoms with Crippen LogP contribution in [0.25, 0.3) is 0 Å². The lowest BCUT2D eigenvalue weighted by Gasteiger charge is -2.31. The maximum atomic E-state index is 12.3. The van der Waals surface area contributed by atoms with Gasteiger partial charge in [0.2, 0.25) is 0 Å². The summed E-state index contributed by atoms with van der Waals surface area (Å²) in [6.45, 7) is 4.73. The van der Waals surface area contributed by atoms with E-state index >= 15 is 0 Å². The predicted octanol–water partition coefficient (Wildman–Crippen LogP) is 2.37. The number of fused-ring (bicyclic) bond motifs is 2. The molecule has 3 rings (SSSR count). The number of carbonyl (C=O) groups excluding carboxylic acids is 1. The first-order chi connectivity index (χ1) is 8.48. The Morgan fingerprint density at radius 2 is 2.22 bits per heavy atom. The summed E-state index contributed by atoms with van der Waals surface area (Å²) < 4.78 is 5.71. The number of piperidine rings is 1. The van der Waals surface area contributed by atoms with E-state index in [1.54, 1.807) is 0 Å². The van der Waals surface area contributed by atoms with Crippen molar-refractivity contribution < 1.29 is 9.53 Å². The number of carbonyl (C=O) groups is 1. The summed E-state index contributed by atoms with van der Waals surface area (Å²) >= 11 is 6.00. The van der Waals surface area contributed by atoms with Crippen LogP contribution in [0.3, 0.4) is 0 Å². The van der Waals surface area contributed by atoms with Crippen LogP contribution in [-0.2, 0) is 9.53 Å². The number of hydrogen-bond donors (Lipinski definition) is 1. The molecule has 0 radical (unpaired) electrons. The highest BCUT2D eigenvalue weighted by Crippen LogP contribution is 2.40. The van der Waals surface area contributed by atoms with Crippen molar-refractivity contribution in [3.8, 4) is 0 Å². The van der Waals surface area contributed by atoms with Gasteiger partial charge in [-0.3, -0.25) is 4.79 Å². The first-order valence-corrected chi connectivity index (χ1v) is 6.89. The predicted molar refractivity (Wildman–Crippen MR) is 70.2 cm³/mol. The Labute approximate surface area is 112 Å². The van der Waals surface area contributed by atoms with Crippen LogP contribution in [0.4, 0.5) is 0 Å². The molecule has 3 aliphatic rings. The fraction of sp³-hybridized carbons (Fsp3) is 0.643. The topological polar surface area (TPSA) is 38.3 Å². The first-order valence-electron chi connectivity index (χ1n) is 6.51. The van der Waals surface area contributed by atoms with E-state index in [2.05, 4.69) is 5.32 Å². The summed E-state index contributed by atoms with van der Waals surface area (Å²) in [4.78, 5) is 12.3. The molecule has 1 saturated carbocycles. The van der Waals surface area contributed by atoms with Crippen molar-refractivity contribution in [2.45, 2.75) is 38.8 Å². The van der Waals surface area contributed by atoms with E-state index < -0.39 is 5.41 Å². The van der Waals surface area contributed by atoms with Crippen LogP contribution in [0, 0.1) is 11.3 Å². The van der Waals surface area contributed by atoms with Gasteiger partial charge in [0, 0.05) is 30.0 Å². The molecule has 0 aromatic carbocycles. The SMILES string of the molecule is CC(C)(C(=O)O[C@@H]1C[C@@H]2C[C@H]1CN2)C1=C(Cl)C=C1. The van der Waals surface area contributed by atoms with E-state index in [0.29, 0.717) is 17.0 Å². The smallest absolute Gasteiger partial charge is 0.316 e. The zero-order chi connectivity index (χ0) is 12.9. The van der Waals surface area contributed by atoms with Crippen LogP contribution < -0.4 is 5.32 Å². The van der Waals surface area contributed by atoms with Crippen molar-refractivity contribution in [1.29, 1.82) is 0 Å². The van der Waals surface area contributed by atoms with Crippen LogP contribution >= 0.6 is 11.6 Å². The van der Waals surface area contributed by atoms with Gasteiger partial charge >= 0.3 is 5.97 Å². The van der Waals surface area contributed by atoms with E-state index in [-0.39, 0.29) is 12.1 Å². The molecule has 0 aromatic rings. The van der Waals surface area contributed by atoms with Crippen molar-refractivity contribution in [3.05, 3.63) is 22.8 Å². The highest BCUT2D eigenvalue weighted by molar-refractivity contribution is 6.33. The van der Waals surface area contributed by atoms with Gasteiger partial charge in [-0.2, -0.15) is 0 Å². The van der Waals surface area contributed by atoms with Crippen molar-refractivity contribution in [2.24, 2.45) is 11.3 Å². The Morgan fingerprint density at radius 1 is 1.44 bits per heavy atom. The van der Waals surface area contributed by atoms with Gasteiger partial charge in [0.05, 0.1) is 5.41 Å². The van der Waals surface area contributed by atoms with E-state index in [0.717, 1.165) is 25.0 Å². The minimum Gasteiger partial charge on any atom is -0.461 e. The molecule has 2 fully saturated rings. The molecule has 18 heavy (non-hydrogen) atoms. The second-order valence-electron chi connectivity index (χ2n) is 6.00. The largest absolute Gasteiger partial charge is 0.461 e. The van der Waals surface area contributed by atoms with Gasteiger partial charge in [-0.25, -0.2) is 0 Å². The highest BCUT2D eigenvalue weighted by atomic mass is 35.5. The monoisotopic (exact) mass is 267 g/mol. The number of esters is 1. The molecule has 4 heteroatoms. The molecule has 0 unspecified atom stereocenters. The van der Waals surface area contributed by atoms with Gasteiger partial charge in [0.15, 0.2) is 0 Å². The lowest BCUT2D eigenvalue weighted by molar-refractivity contribution is -0.159. The fourth-order valence-corrected chi connectivity index (χ4v) is 3.42. The number of hydrogen-bond acceptors (Lipinski definition) is 3. The minimum atomic E-state index is -0.638. The molecule has 3 atom stereocenters. The van der Waals surface area contributed by atoms with Crippen molar-refractivity contribution >= 4 is 17.6 Å². The second-order valence-corrected chi connectivity index (χ2v) is 6.41. The van der Waals surface area contributed by atoms with Gasteiger partial charge in [0.1, 0.15) is 6.10 Å². The third kappa shape index (κ3) is 1.81. The summed E-state index contributed by atoms with van der Waals surface area (Å²) in [6.07, 6.45) is 5.89. The zero-order valence-corrected chi connectivity index (χ0v) is 11.5. The highest BCUT2D eigenvalue weighted by Gasteiger charge is 2.44. The molecule has 1 aliphatic heterocycles. The number of halogens is 1. The lowest BCUT2D eigenvalue weighted by atomic mass is 9.80. The fourth-order valence-electron chi connectivity index (χ4n) is 3.06. The van der Waals surface area contributed by atoms with E-state index in [1.165, 1.54) is 0 Å². The molecule has 0 amide bonds. The Hall–Kier alpha value is -0.800. The summed E-state index contributed by atoms with van der Waals surface area (Å²) in [5, 5.41) is 4.09. The van der Waals surface area contributed by atoms with Crippen LogP contribution in [-0.4, -0.2) is 24.7 Å². The molecule has 1 heterocycles. The maximum absolute atomic E-state index is 12.3. The molecular formula is C14H18ClNO2. The Kier molecular flexibility index (Phi) is 2.79. The molecule has 2 bridgehead atoms. The Morgan fingerprint density at radius 3 is 2.67 bits per heavy atom. The minimum absolute atomic E-state index is 0.0893. The number of rotatable bonds is 3. The molecule has 1 N–H and O–H groups in total. The molecule has 3 nitrogen and oxygen atoms in total. The number of ether oxygens (including phenoxy) is 1. The summed E-state index contributed by atoms with van der Waals surface area (Å²) in [5.74, 6) is 0.341. The summed E-state index contributed by atoms with van der Waals surface area (Å²) in [5.41, 5.74) is 0.247. The zero-order valence-electron chi connectivity index (χ0n) is 10.7. The van der Waals surface area contributed by atoms with E-state index in [1.807, 2.05) is 26.0 Å². The third-order valence-corrected chi connectivity index (χ3v) is 4.72. The van der Waals surface area contributed by atoms with Crippen LogP contribution in [0.1, 0.15) is 26.7 Å². The summed E-state index contributed by atoms with van der Waals surface area (Å²) in [6, 6.07) is 0.544. The van der Waals surface area contributed by atoms with Gasteiger partial charge in [0.25, 0.3) is 0 Å². The van der Waals surface area contributed by atoms with Crippen LogP contribution in [0.2, 0.25) is 0 Å². The molecule has 0 aromatic heterocycles. The lowest BCUT2D eigenvalue weighted by Crippen LogP contribution is -2.39. The van der Waals surface area contributed by atoms with Gasteiger partial charge in [-0.1, -0.05) is 17.7 Å². The van der Waals surface area contributed by atoms with Gasteiger partial charge in [-0.15, -0.1) is 0 Å². The molecule has 0 spiro atoms. The van der Waals surface area contributed by atoms with Crippen molar-refractivity contribution in [2.75, 3.05) is 6.54 Å². The van der Waals surface area contributed by atoms with Gasteiger partial charge in [-0.05, 0) is 31.9 Å². The standard InChI is InChI=1S/C14H18ClNO2/c1-14(2,10-3-4-11(10)15)13(17)18-12-6-9-5-8(12)7-16-9/h3-4,8-9,12,16H,5-7H2,1-2H3/t8-,9-,12+/m0/s1. The quantitative estimate of drug-likeness (QED) is 0.798. The maximum Gasteiger partial charge on any atom is 0.316 e. The van der Waals surface area contributed by atoms with Crippen molar-refractivity contribution in [1.82, 2.24) is 5.32 Å². The Bertz CT molecular complexity index is 453. The number of nitrogens with one attached hydrogen (secondary N) is 1. The average Bonchev–Trinajstić information content (AvgIpc) is 2.88. The van der Waals surface area contributed by atoms with Crippen molar-refractivity contribution in [3.63, 3.8) is 0 Å². The molecular weight excluding hydrogens is 250 g/mol. The van der Waals surface area contributed by atoms with E-state index in [9.17, 15) is 4.79 Å². The van der Waals surface area contributed by atoms with Gasteiger partial charge < -0.3 is 10.1 Å². The normalized spacial score (nSPS) is 33.8. The number of allylic oxidation sites excluding steroid dienone is 3.